The maximum Gasteiger partial charge on any atom is 0.322 e. The molecule has 1 saturated carbocycles. The number of nitrogens with one attached hydrogen (secondary N) is 2. The summed E-state index contributed by atoms with van der Waals surface area (Å²) in [6.45, 7) is 5.16. The Bertz CT molecular complexity index is 477. The molecule has 116 valence electrons. The highest BCUT2D eigenvalue weighted by molar-refractivity contribution is 5.90. The van der Waals surface area contributed by atoms with Gasteiger partial charge in [0.05, 0.1) is 6.54 Å². The average molecular weight is 293 g/mol. The number of amides is 1. The lowest BCUT2D eigenvalue weighted by molar-refractivity contribution is -0.117. The predicted octanol–water partition coefficient (Wildman–Crippen LogP) is 0.781. The van der Waals surface area contributed by atoms with Crippen molar-refractivity contribution in [3.63, 3.8) is 0 Å². The summed E-state index contributed by atoms with van der Waals surface area (Å²) in [5.41, 5.74) is 0. The summed E-state index contributed by atoms with van der Waals surface area (Å²) in [4.78, 5) is 14.1. The van der Waals surface area contributed by atoms with Crippen molar-refractivity contribution in [2.45, 2.75) is 38.6 Å². The minimum atomic E-state index is -0.0944. The minimum absolute atomic E-state index is 0.0944. The Hall–Kier alpha value is -1.47. The normalized spacial score (nSPS) is 20.6. The smallest absolute Gasteiger partial charge is 0.322 e. The second-order valence-electron chi connectivity index (χ2n) is 6.08. The van der Waals surface area contributed by atoms with Crippen LogP contribution in [0, 0.1) is 12.8 Å². The maximum atomic E-state index is 11.9. The van der Waals surface area contributed by atoms with E-state index in [-0.39, 0.29) is 11.9 Å². The van der Waals surface area contributed by atoms with Crippen LogP contribution in [0.2, 0.25) is 0 Å². The van der Waals surface area contributed by atoms with Gasteiger partial charge in [0.15, 0.2) is 0 Å². The van der Waals surface area contributed by atoms with Crippen molar-refractivity contribution in [3.05, 3.63) is 5.89 Å². The molecular formula is C14H23N5O2. The van der Waals surface area contributed by atoms with E-state index in [9.17, 15) is 4.79 Å². The lowest BCUT2D eigenvalue weighted by Gasteiger charge is -2.31. The number of rotatable bonds is 6. The van der Waals surface area contributed by atoms with E-state index < -0.39 is 0 Å². The standard InChI is InChI=1S/C14H23N5O2/c1-10-17-18-14(21-10)16-13(20)9-19-6-4-12(5-7-19)15-8-11-2-3-11/h11-12,15H,2-9H2,1H3,(H,16,18,20). The molecule has 0 atom stereocenters. The van der Waals surface area contributed by atoms with Crippen molar-refractivity contribution in [3.8, 4) is 0 Å². The summed E-state index contributed by atoms with van der Waals surface area (Å²) >= 11 is 0. The lowest BCUT2D eigenvalue weighted by Crippen LogP contribution is -2.45. The molecule has 2 aliphatic rings. The molecule has 1 saturated heterocycles. The number of aromatic nitrogens is 2. The summed E-state index contributed by atoms with van der Waals surface area (Å²) < 4.78 is 5.14. The summed E-state index contributed by atoms with van der Waals surface area (Å²) in [5, 5.41) is 13.7. The zero-order valence-electron chi connectivity index (χ0n) is 12.5. The number of anilines is 1. The van der Waals surface area contributed by atoms with E-state index in [0.717, 1.165) is 31.8 Å². The van der Waals surface area contributed by atoms with Gasteiger partial charge in [0.1, 0.15) is 0 Å². The first-order chi connectivity index (χ1) is 10.2. The van der Waals surface area contributed by atoms with Crippen LogP contribution in [0.15, 0.2) is 4.42 Å². The molecule has 1 aromatic heterocycles. The van der Waals surface area contributed by atoms with Gasteiger partial charge in [-0.05, 0) is 38.1 Å². The number of hydrogen-bond acceptors (Lipinski definition) is 6. The first-order valence-corrected chi connectivity index (χ1v) is 7.75. The fraction of sp³-hybridized carbons (Fsp3) is 0.786. The molecule has 1 aliphatic carbocycles. The molecule has 2 fully saturated rings. The van der Waals surface area contributed by atoms with Crippen LogP contribution >= 0.6 is 0 Å². The molecule has 21 heavy (non-hydrogen) atoms. The van der Waals surface area contributed by atoms with Crippen molar-refractivity contribution in [2.75, 3.05) is 31.5 Å². The SMILES string of the molecule is Cc1nnc(NC(=O)CN2CCC(NCC3CC3)CC2)o1. The zero-order chi connectivity index (χ0) is 14.7. The molecule has 2 heterocycles. The highest BCUT2D eigenvalue weighted by Gasteiger charge is 2.25. The Morgan fingerprint density at radius 3 is 2.67 bits per heavy atom. The third kappa shape index (κ3) is 4.50. The van der Waals surface area contributed by atoms with Crippen LogP contribution in [0.3, 0.4) is 0 Å². The number of nitrogens with zero attached hydrogens (tertiary/aromatic N) is 3. The second-order valence-corrected chi connectivity index (χ2v) is 6.08. The first kappa shape index (κ1) is 14.5. The van der Waals surface area contributed by atoms with Gasteiger partial charge in [0.25, 0.3) is 0 Å². The van der Waals surface area contributed by atoms with Gasteiger partial charge in [-0.15, -0.1) is 5.10 Å². The van der Waals surface area contributed by atoms with Gasteiger partial charge in [-0.1, -0.05) is 5.10 Å². The molecule has 7 heteroatoms. The van der Waals surface area contributed by atoms with Gasteiger partial charge in [-0.2, -0.15) is 0 Å². The van der Waals surface area contributed by atoms with Crippen LogP contribution in [0.25, 0.3) is 0 Å². The highest BCUT2D eigenvalue weighted by Crippen LogP contribution is 2.28. The molecule has 1 aromatic rings. The number of carbonyl (C=O) groups is 1. The van der Waals surface area contributed by atoms with E-state index in [4.69, 9.17) is 4.42 Å². The Morgan fingerprint density at radius 1 is 1.29 bits per heavy atom. The molecule has 0 spiro atoms. The van der Waals surface area contributed by atoms with Crippen molar-refractivity contribution < 1.29 is 9.21 Å². The van der Waals surface area contributed by atoms with Gasteiger partial charge in [0.2, 0.25) is 11.8 Å². The van der Waals surface area contributed by atoms with Crippen LogP contribution < -0.4 is 10.6 Å². The molecule has 2 N–H and O–H groups in total. The maximum absolute atomic E-state index is 11.9. The summed E-state index contributed by atoms with van der Waals surface area (Å²) in [7, 11) is 0. The van der Waals surface area contributed by atoms with E-state index >= 15 is 0 Å². The lowest BCUT2D eigenvalue weighted by atomic mass is 10.0. The topological polar surface area (TPSA) is 83.3 Å². The van der Waals surface area contributed by atoms with Crippen molar-refractivity contribution >= 4 is 11.9 Å². The molecule has 0 aromatic carbocycles. The van der Waals surface area contributed by atoms with Crippen molar-refractivity contribution in [2.24, 2.45) is 5.92 Å². The average Bonchev–Trinajstić information content (AvgIpc) is 3.21. The number of likely N-dealkylation sites (tertiary alicyclic amines) is 1. The zero-order valence-corrected chi connectivity index (χ0v) is 12.5. The fourth-order valence-corrected chi connectivity index (χ4v) is 2.66. The highest BCUT2D eigenvalue weighted by atomic mass is 16.4. The Balaban J connectivity index is 1.35. The Labute approximate surface area is 124 Å². The van der Waals surface area contributed by atoms with Crippen molar-refractivity contribution in [1.29, 1.82) is 0 Å². The molecule has 0 radical (unpaired) electrons. The van der Waals surface area contributed by atoms with Gasteiger partial charge < -0.3 is 9.73 Å². The largest absolute Gasteiger partial charge is 0.408 e. The number of aryl methyl sites for hydroxylation is 1. The molecule has 1 amide bonds. The summed E-state index contributed by atoms with van der Waals surface area (Å²) in [6, 6.07) is 0.794. The third-order valence-corrected chi connectivity index (χ3v) is 4.12. The first-order valence-electron chi connectivity index (χ1n) is 7.75. The van der Waals surface area contributed by atoms with Crippen LogP contribution in [-0.2, 0) is 4.79 Å². The quantitative estimate of drug-likeness (QED) is 0.806. The van der Waals surface area contributed by atoms with Gasteiger partial charge in [-0.25, -0.2) is 0 Å². The Morgan fingerprint density at radius 2 is 2.05 bits per heavy atom. The van der Waals surface area contributed by atoms with E-state index in [1.165, 1.54) is 19.4 Å². The van der Waals surface area contributed by atoms with Gasteiger partial charge in [0, 0.05) is 26.1 Å². The number of piperidine rings is 1. The van der Waals surface area contributed by atoms with Crippen LogP contribution in [0.1, 0.15) is 31.6 Å². The van der Waals surface area contributed by atoms with E-state index in [2.05, 4.69) is 25.7 Å². The van der Waals surface area contributed by atoms with Crippen LogP contribution in [0.4, 0.5) is 6.01 Å². The molecular weight excluding hydrogens is 270 g/mol. The number of carbonyl (C=O) groups excluding carboxylic acids is 1. The van der Waals surface area contributed by atoms with Crippen molar-refractivity contribution in [1.82, 2.24) is 20.4 Å². The molecule has 0 bridgehead atoms. The van der Waals surface area contributed by atoms with E-state index in [0.29, 0.717) is 18.5 Å². The molecule has 1 aliphatic heterocycles. The molecule has 3 rings (SSSR count). The van der Waals surface area contributed by atoms with E-state index in [1.54, 1.807) is 6.92 Å². The Kier molecular flexibility index (Phi) is 4.50. The van der Waals surface area contributed by atoms with Gasteiger partial charge in [-0.3, -0.25) is 15.0 Å². The van der Waals surface area contributed by atoms with Gasteiger partial charge >= 0.3 is 6.01 Å². The third-order valence-electron chi connectivity index (χ3n) is 4.12. The fourth-order valence-electron chi connectivity index (χ4n) is 2.66. The summed E-state index contributed by atoms with van der Waals surface area (Å²) in [5.74, 6) is 1.28. The van der Waals surface area contributed by atoms with E-state index in [1.807, 2.05) is 0 Å². The molecule has 0 unspecified atom stereocenters. The molecule has 7 nitrogen and oxygen atoms in total. The minimum Gasteiger partial charge on any atom is -0.408 e. The second kappa shape index (κ2) is 6.53. The monoisotopic (exact) mass is 293 g/mol. The number of hydrogen-bond donors (Lipinski definition) is 2. The summed E-state index contributed by atoms with van der Waals surface area (Å²) in [6.07, 6.45) is 5.00. The predicted molar refractivity (Wildman–Crippen MR) is 77.9 cm³/mol. The van der Waals surface area contributed by atoms with Crippen LogP contribution in [0.5, 0.6) is 0 Å². The van der Waals surface area contributed by atoms with Crippen LogP contribution in [-0.4, -0.2) is 53.2 Å².